The summed E-state index contributed by atoms with van der Waals surface area (Å²) in [5.41, 5.74) is 2.48. The summed E-state index contributed by atoms with van der Waals surface area (Å²) < 4.78 is 19.2. The first kappa shape index (κ1) is 25.0. The molecule has 7 heteroatoms. The second-order valence-corrected chi connectivity index (χ2v) is 9.10. The lowest BCUT2D eigenvalue weighted by Gasteiger charge is -2.31. The highest BCUT2D eigenvalue weighted by atomic mass is 35.5. The van der Waals surface area contributed by atoms with Crippen LogP contribution in [0.1, 0.15) is 55.7 Å². The Bertz CT molecular complexity index is 951. The minimum Gasteiger partial charge on any atom is -0.484 e. The number of carbonyl (C=O) groups is 2. The second kappa shape index (κ2) is 11.5. The summed E-state index contributed by atoms with van der Waals surface area (Å²) in [6.07, 6.45) is 4.60. The molecular weight excluding hydrogens is 443 g/mol. The van der Waals surface area contributed by atoms with Gasteiger partial charge in [-0.2, -0.15) is 0 Å². The van der Waals surface area contributed by atoms with Crippen molar-refractivity contribution >= 4 is 23.4 Å². The molecule has 0 saturated heterocycles. The molecule has 3 rings (SSSR count). The molecule has 0 bridgehead atoms. The summed E-state index contributed by atoms with van der Waals surface area (Å²) in [4.78, 5) is 27.9. The van der Waals surface area contributed by atoms with Crippen LogP contribution < -0.4 is 10.1 Å². The van der Waals surface area contributed by atoms with Gasteiger partial charge in [0.25, 0.3) is 5.91 Å². The molecule has 2 aromatic carbocycles. The minimum atomic E-state index is -0.638. The van der Waals surface area contributed by atoms with Gasteiger partial charge in [0.1, 0.15) is 17.6 Å². The lowest BCUT2D eigenvalue weighted by molar-refractivity contribution is -0.143. The smallest absolute Gasteiger partial charge is 0.261 e. The molecule has 0 spiro atoms. The highest BCUT2D eigenvalue weighted by Crippen LogP contribution is 2.26. The minimum absolute atomic E-state index is 0.155. The van der Waals surface area contributed by atoms with E-state index in [9.17, 15) is 14.0 Å². The second-order valence-electron chi connectivity index (χ2n) is 8.72. The van der Waals surface area contributed by atoms with Gasteiger partial charge in [0.05, 0.1) is 0 Å². The number of halogens is 2. The van der Waals surface area contributed by atoms with E-state index in [1.807, 2.05) is 20.8 Å². The highest BCUT2D eigenvalue weighted by molar-refractivity contribution is 6.32. The fourth-order valence-electron chi connectivity index (χ4n) is 4.29. The number of amides is 2. The number of hydrogen-bond acceptors (Lipinski definition) is 3. The predicted octanol–water partition coefficient (Wildman–Crippen LogP) is 5.34. The first-order valence-electron chi connectivity index (χ1n) is 11.5. The SMILES string of the molecule is CCC(C(=O)NC1CCCC1)N(Cc1ccc(F)cc1)C(=O)COc1cc(C)c(Cl)c(C)c1. The van der Waals surface area contributed by atoms with Crippen molar-refractivity contribution in [3.8, 4) is 5.75 Å². The Labute approximate surface area is 200 Å². The van der Waals surface area contributed by atoms with Crippen LogP contribution in [0.15, 0.2) is 36.4 Å². The molecule has 1 unspecified atom stereocenters. The zero-order chi connectivity index (χ0) is 24.0. The summed E-state index contributed by atoms with van der Waals surface area (Å²) in [5.74, 6) is -0.261. The molecule has 1 N–H and O–H groups in total. The quantitative estimate of drug-likeness (QED) is 0.533. The van der Waals surface area contributed by atoms with Crippen molar-refractivity contribution < 1.29 is 18.7 Å². The normalized spacial score (nSPS) is 14.7. The molecule has 178 valence electrons. The number of benzene rings is 2. The number of nitrogens with one attached hydrogen (secondary N) is 1. The Kier molecular flexibility index (Phi) is 8.73. The van der Waals surface area contributed by atoms with Gasteiger partial charge in [-0.05, 0) is 74.1 Å². The third-order valence-electron chi connectivity index (χ3n) is 6.13. The van der Waals surface area contributed by atoms with Gasteiger partial charge < -0.3 is 15.0 Å². The number of aryl methyl sites for hydroxylation is 2. The maximum absolute atomic E-state index is 13.4. The molecule has 0 radical (unpaired) electrons. The monoisotopic (exact) mass is 474 g/mol. The lowest BCUT2D eigenvalue weighted by Crippen LogP contribution is -2.52. The Morgan fingerprint density at radius 3 is 2.33 bits per heavy atom. The van der Waals surface area contributed by atoms with E-state index < -0.39 is 6.04 Å². The third-order valence-corrected chi connectivity index (χ3v) is 6.72. The molecule has 2 amide bonds. The van der Waals surface area contributed by atoms with E-state index in [4.69, 9.17) is 16.3 Å². The van der Waals surface area contributed by atoms with Gasteiger partial charge >= 0.3 is 0 Å². The van der Waals surface area contributed by atoms with Gasteiger partial charge in [0.2, 0.25) is 5.91 Å². The Balaban J connectivity index is 1.77. The average molecular weight is 475 g/mol. The Hall–Kier alpha value is -2.60. The van der Waals surface area contributed by atoms with Crippen LogP contribution >= 0.6 is 11.6 Å². The Morgan fingerprint density at radius 1 is 1.15 bits per heavy atom. The molecule has 1 aliphatic carbocycles. The van der Waals surface area contributed by atoms with Crippen molar-refractivity contribution in [2.75, 3.05) is 6.61 Å². The van der Waals surface area contributed by atoms with Crippen LogP contribution in [0.4, 0.5) is 4.39 Å². The lowest BCUT2D eigenvalue weighted by atomic mass is 10.1. The third kappa shape index (κ3) is 6.70. The van der Waals surface area contributed by atoms with E-state index in [2.05, 4.69) is 5.32 Å². The van der Waals surface area contributed by atoms with E-state index in [-0.39, 0.29) is 36.8 Å². The summed E-state index contributed by atoms with van der Waals surface area (Å²) in [7, 11) is 0. The predicted molar refractivity (Wildman–Crippen MR) is 128 cm³/mol. The number of rotatable bonds is 9. The van der Waals surface area contributed by atoms with E-state index in [0.29, 0.717) is 17.2 Å². The fraction of sp³-hybridized carbons (Fsp3) is 0.462. The standard InChI is InChI=1S/C26H32ClFN2O3/c1-4-23(26(32)29-21-7-5-6-8-21)30(15-19-9-11-20(28)12-10-19)24(31)16-33-22-13-17(2)25(27)18(3)14-22/h9-14,21,23H,4-8,15-16H2,1-3H3,(H,29,32). The molecule has 0 aliphatic heterocycles. The molecule has 1 fully saturated rings. The van der Waals surface area contributed by atoms with Crippen LogP contribution in [0.2, 0.25) is 5.02 Å². The fourth-order valence-corrected chi connectivity index (χ4v) is 4.40. The first-order valence-corrected chi connectivity index (χ1v) is 11.9. The molecular formula is C26H32ClFN2O3. The molecule has 2 aromatic rings. The summed E-state index contributed by atoms with van der Waals surface area (Å²) in [6.45, 7) is 5.62. The molecule has 1 atom stereocenters. The first-order chi connectivity index (χ1) is 15.8. The van der Waals surface area contributed by atoms with Crippen molar-refractivity contribution in [2.24, 2.45) is 0 Å². The average Bonchev–Trinajstić information content (AvgIpc) is 3.29. The molecule has 5 nitrogen and oxygen atoms in total. The maximum atomic E-state index is 13.4. The Morgan fingerprint density at radius 2 is 1.76 bits per heavy atom. The van der Waals surface area contributed by atoms with Crippen LogP contribution in [-0.2, 0) is 16.1 Å². The largest absolute Gasteiger partial charge is 0.484 e. The number of nitrogens with zero attached hydrogens (tertiary/aromatic N) is 1. The molecule has 33 heavy (non-hydrogen) atoms. The van der Waals surface area contributed by atoms with Gasteiger partial charge in [-0.25, -0.2) is 4.39 Å². The van der Waals surface area contributed by atoms with Crippen molar-refractivity contribution in [3.05, 3.63) is 63.9 Å². The van der Waals surface area contributed by atoms with Gasteiger partial charge in [-0.15, -0.1) is 0 Å². The van der Waals surface area contributed by atoms with Crippen LogP contribution in [0, 0.1) is 19.7 Å². The van der Waals surface area contributed by atoms with E-state index in [1.54, 1.807) is 24.3 Å². The van der Waals surface area contributed by atoms with Crippen LogP contribution in [-0.4, -0.2) is 35.4 Å². The number of ether oxygens (including phenoxy) is 1. The highest BCUT2D eigenvalue weighted by Gasteiger charge is 2.31. The van der Waals surface area contributed by atoms with E-state index in [1.165, 1.54) is 17.0 Å². The maximum Gasteiger partial charge on any atom is 0.261 e. The van der Waals surface area contributed by atoms with Gasteiger partial charge in [-0.1, -0.05) is 43.5 Å². The van der Waals surface area contributed by atoms with Gasteiger partial charge in [0.15, 0.2) is 6.61 Å². The van der Waals surface area contributed by atoms with Crippen molar-refractivity contribution in [2.45, 2.75) is 71.5 Å². The van der Waals surface area contributed by atoms with Crippen molar-refractivity contribution in [3.63, 3.8) is 0 Å². The van der Waals surface area contributed by atoms with Crippen LogP contribution in [0.3, 0.4) is 0 Å². The number of hydrogen-bond donors (Lipinski definition) is 1. The molecule has 0 heterocycles. The summed E-state index contributed by atoms with van der Waals surface area (Å²) >= 11 is 6.23. The molecule has 0 aromatic heterocycles. The summed E-state index contributed by atoms with van der Waals surface area (Å²) in [5, 5.41) is 3.77. The molecule has 1 aliphatic rings. The number of carbonyl (C=O) groups excluding carboxylic acids is 2. The summed E-state index contributed by atoms with van der Waals surface area (Å²) in [6, 6.07) is 9.06. The van der Waals surface area contributed by atoms with Crippen molar-refractivity contribution in [1.82, 2.24) is 10.2 Å². The van der Waals surface area contributed by atoms with E-state index in [0.717, 1.165) is 42.4 Å². The zero-order valence-corrected chi connectivity index (χ0v) is 20.3. The molecule has 1 saturated carbocycles. The van der Waals surface area contributed by atoms with Crippen LogP contribution in [0.25, 0.3) is 0 Å². The van der Waals surface area contributed by atoms with Crippen molar-refractivity contribution in [1.29, 1.82) is 0 Å². The van der Waals surface area contributed by atoms with Gasteiger partial charge in [0, 0.05) is 17.6 Å². The van der Waals surface area contributed by atoms with Crippen LogP contribution in [0.5, 0.6) is 5.75 Å². The van der Waals surface area contributed by atoms with E-state index >= 15 is 0 Å². The zero-order valence-electron chi connectivity index (χ0n) is 19.5. The topological polar surface area (TPSA) is 58.6 Å². The van der Waals surface area contributed by atoms with Gasteiger partial charge in [-0.3, -0.25) is 9.59 Å².